The van der Waals surface area contributed by atoms with Crippen LogP contribution < -0.4 is 9.47 Å². The van der Waals surface area contributed by atoms with Crippen molar-refractivity contribution < 1.29 is 22.7 Å². The second-order valence-electron chi connectivity index (χ2n) is 7.89. The molecule has 0 saturated carbocycles. The van der Waals surface area contributed by atoms with Gasteiger partial charge >= 0.3 is 0 Å². The summed E-state index contributed by atoms with van der Waals surface area (Å²) < 4.78 is 38.2. The fourth-order valence-electron chi connectivity index (χ4n) is 3.96. The third kappa shape index (κ3) is 5.29. The van der Waals surface area contributed by atoms with E-state index in [2.05, 4.69) is 0 Å². The molecule has 0 unspecified atom stereocenters. The Morgan fingerprint density at radius 3 is 2.33 bits per heavy atom. The van der Waals surface area contributed by atoms with E-state index >= 15 is 0 Å². The monoisotopic (exact) mass is 468 g/mol. The largest absolute Gasteiger partial charge is 0.497 e. The Kier molecular flexibility index (Phi) is 7.15. The number of piperazine rings is 1. The fraction of sp³-hybridized carbons (Fsp3) is 0.320. The Morgan fingerprint density at radius 2 is 1.61 bits per heavy atom. The zero-order valence-corrected chi connectivity index (χ0v) is 19.5. The topological polar surface area (TPSA) is 76.2 Å². The lowest BCUT2D eigenvalue weighted by molar-refractivity contribution is -0.132. The highest BCUT2D eigenvalue weighted by molar-refractivity contribution is 7.89. The Balaban J connectivity index is 1.24. The SMILES string of the molecule is COc1ccc(S(=O)(=O)N2CCN(C(=O)CCCOc3cccc4ccccc34)CC2)cc1. The smallest absolute Gasteiger partial charge is 0.243 e. The standard InChI is InChI=1S/C25H28N2O5S/c1-31-21-11-13-22(14-12-21)33(29,30)27-17-15-26(16-18-27)25(28)10-5-19-32-24-9-4-7-20-6-2-3-8-23(20)24/h2-4,6-9,11-14H,5,10,15-19H2,1H3. The number of carbonyl (C=O) groups is 1. The lowest BCUT2D eigenvalue weighted by atomic mass is 10.1. The number of nitrogens with zero attached hydrogens (tertiary/aromatic N) is 2. The minimum Gasteiger partial charge on any atom is -0.497 e. The van der Waals surface area contributed by atoms with E-state index in [-0.39, 0.29) is 23.9 Å². The molecule has 33 heavy (non-hydrogen) atoms. The van der Waals surface area contributed by atoms with E-state index in [4.69, 9.17) is 9.47 Å². The van der Waals surface area contributed by atoms with Gasteiger partial charge in [-0.05, 0) is 42.1 Å². The van der Waals surface area contributed by atoms with Crippen LogP contribution in [0.4, 0.5) is 0 Å². The number of carbonyl (C=O) groups excluding carboxylic acids is 1. The Morgan fingerprint density at radius 1 is 0.909 bits per heavy atom. The van der Waals surface area contributed by atoms with Crippen molar-refractivity contribution in [2.75, 3.05) is 39.9 Å². The molecule has 0 aromatic heterocycles. The summed E-state index contributed by atoms with van der Waals surface area (Å²) in [4.78, 5) is 14.6. The molecule has 174 valence electrons. The van der Waals surface area contributed by atoms with E-state index in [0.717, 1.165) is 16.5 Å². The van der Waals surface area contributed by atoms with Gasteiger partial charge in [0.15, 0.2) is 0 Å². The molecule has 7 nitrogen and oxygen atoms in total. The molecule has 8 heteroatoms. The molecule has 0 spiro atoms. The van der Waals surface area contributed by atoms with Crippen molar-refractivity contribution in [1.29, 1.82) is 0 Å². The predicted octanol–water partition coefficient (Wildman–Crippen LogP) is 3.54. The molecule has 1 amide bonds. The van der Waals surface area contributed by atoms with E-state index in [1.807, 2.05) is 42.5 Å². The average molecular weight is 469 g/mol. The van der Waals surface area contributed by atoms with Crippen LogP contribution in [0, 0.1) is 0 Å². The van der Waals surface area contributed by atoms with Gasteiger partial charge in [-0.2, -0.15) is 4.31 Å². The normalized spacial score (nSPS) is 14.9. The zero-order valence-electron chi connectivity index (χ0n) is 18.6. The molecule has 3 aromatic rings. The molecule has 1 aliphatic heterocycles. The molecule has 1 saturated heterocycles. The first-order chi connectivity index (χ1) is 16.0. The first kappa shape index (κ1) is 23.1. The summed E-state index contributed by atoms with van der Waals surface area (Å²) in [6.45, 7) is 1.79. The first-order valence-corrected chi connectivity index (χ1v) is 12.5. The van der Waals surface area contributed by atoms with Gasteiger partial charge in [0.2, 0.25) is 15.9 Å². The van der Waals surface area contributed by atoms with Crippen molar-refractivity contribution in [3.63, 3.8) is 0 Å². The van der Waals surface area contributed by atoms with Gasteiger partial charge in [-0.1, -0.05) is 36.4 Å². The van der Waals surface area contributed by atoms with Crippen molar-refractivity contribution in [2.24, 2.45) is 0 Å². The molecule has 0 N–H and O–H groups in total. The second-order valence-corrected chi connectivity index (χ2v) is 9.83. The van der Waals surface area contributed by atoms with E-state index in [1.54, 1.807) is 29.2 Å². The highest BCUT2D eigenvalue weighted by Gasteiger charge is 2.29. The number of hydrogen-bond donors (Lipinski definition) is 0. The van der Waals surface area contributed by atoms with Gasteiger partial charge in [0.05, 0.1) is 18.6 Å². The van der Waals surface area contributed by atoms with Crippen LogP contribution in [0.15, 0.2) is 71.6 Å². The van der Waals surface area contributed by atoms with Crippen molar-refractivity contribution in [1.82, 2.24) is 9.21 Å². The highest BCUT2D eigenvalue weighted by Crippen LogP contribution is 2.25. The van der Waals surface area contributed by atoms with Crippen LogP contribution in [0.2, 0.25) is 0 Å². The van der Waals surface area contributed by atoms with Gasteiger partial charge in [0.1, 0.15) is 11.5 Å². The first-order valence-electron chi connectivity index (χ1n) is 11.0. The maximum Gasteiger partial charge on any atom is 0.243 e. The van der Waals surface area contributed by atoms with Crippen LogP contribution >= 0.6 is 0 Å². The number of sulfonamides is 1. The number of hydrogen-bond acceptors (Lipinski definition) is 5. The summed E-state index contributed by atoms with van der Waals surface area (Å²) in [5, 5.41) is 2.18. The summed E-state index contributed by atoms with van der Waals surface area (Å²) in [7, 11) is -2.05. The van der Waals surface area contributed by atoms with Gasteiger partial charge in [0, 0.05) is 38.0 Å². The molecule has 0 radical (unpaired) electrons. The zero-order chi connectivity index (χ0) is 23.3. The van der Waals surface area contributed by atoms with Crippen LogP contribution in [-0.4, -0.2) is 63.4 Å². The summed E-state index contributed by atoms with van der Waals surface area (Å²) >= 11 is 0. The van der Waals surface area contributed by atoms with Gasteiger partial charge in [-0.15, -0.1) is 0 Å². The number of benzene rings is 3. The molecule has 0 bridgehead atoms. The fourth-order valence-corrected chi connectivity index (χ4v) is 5.38. The maximum absolute atomic E-state index is 12.9. The third-order valence-corrected chi connectivity index (χ3v) is 7.74. The number of amides is 1. The molecule has 1 heterocycles. The Bertz CT molecular complexity index is 1200. The molecule has 4 rings (SSSR count). The molecule has 1 aliphatic rings. The molecule has 0 aliphatic carbocycles. The second kappa shape index (κ2) is 10.2. The molecule has 0 atom stereocenters. The van der Waals surface area contributed by atoms with Crippen LogP contribution in [0.5, 0.6) is 11.5 Å². The molecular formula is C25H28N2O5S. The van der Waals surface area contributed by atoms with Crippen LogP contribution in [0.3, 0.4) is 0 Å². The van der Waals surface area contributed by atoms with Crippen LogP contribution in [-0.2, 0) is 14.8 Å². The van der Waals surface area contributed by atoms with E-state index in [0.29, 0.717) is 38.3 Å². The Hall–Kier alpha value is -3.10. The van der Waals surface area contributed by atoms with Crippen molar-refractivity contribution in [3.05, 3.63) is 66.7 Å². The van der Waals surface area contributed by atoms with Crippen molar-refractivity contribution in [2.45, 2.75) is 17.7 Å². The summed E-state index contributed by atoms with van der Waals surface area (Å²) in [6.07, 6.45) is 0.975. The number of ether oxygens (including phenoxy) is 2. The maximum atomic E-state index is 12.9. The van der Waals surface area contributed by atoms with Gasteiger partial charge in [-0.25, -0.2) is 8.42 Å². The molecule has 1 fully saturated rings. The van der Waals surface area contributed by atoms with Gasteiger partial charge < -0.3 is 14.4 Å². The van der Waals surface area contributed by atoms with Gasteiger partial charge in [0.25, 0.3) is 0 Å². The number of rotatable bonds is 8. The summed E-state index contributed by atoms with van der Waals surface area (Å²) in [6, 6.07) is 20.3. The lowest BCUT2D eigenvalue weighted by Gasteiger charge is -2.34. The number of fused-ring (bicyclic) bond motifs is 1. The lowest BCUT2D eigenvalue weighted by Crippen LogP contribution is -2.50. The quantitative estimate of drug-likeness (QED) is 0.473. The van der Waals surface area contributed by atoms with E-state index in [1.165, 1.54) is 11.4 Å². The van der Waals surface area contributed by atoms with E-state index in [9.17, 15) is 13.2 Å². The average Bonchev–Trinajstić information content (AvgIpc) is 2.86. The minimum absolute atomic E-state index is 0.0259. The van der Waals surface area contributed by atoms with Crippen LogP contribution in [0.1, 0.15) is 12.8 Å². The third-order valence-electron chi connectivity index (χ3n) is 5.83. The summed E-state index contributed by atoms with van der Waals surface area (Å²) in [5.41, 5.74) is 0. The van der Waals surface area contributed by atoms with Crippen molar-refractivity contribution >= 4 is 26.7 Å². The van der Waals surface area contributed by atoms with Crippen LogP contribution in [0.25, 0.3) is 10.8 Å². The molecular weight excluding hydrogens is 440 g/mol. The molecule has 3 aromatic carbocycles. The van der Waals surface area contributed by atoms with E-state index < -0.39 is 10.0 Å². The highest BCUT2D eigenvalue weighted by atomic mass is 32.2. The van der Waals surface area contributed by atoms with Crippen molar-refractivity contribution in [3.8, 4) is 11.5 Å². The number of methoxy groups -OCH3 is 1. The Labute approximate surface area is 194 Å². The minimum atomic E-state index is -3.59. The summed E-state index contributed by atoms with van der Waals surface area (Å²) in [5.74, 6) is 1.45. The predicted molar refractivity (Wildman–Crippen MR) is 127 cm³/mol. The van der Waals surface area contributed by atoms with Gasteiger partial charge in [-0.3, -0.25) is 4.79 Å².